The zero-order valence-corrected chi connectivity index (χ0v) is 16.9. The number of benzene rings is 1. The van der Waals surface area contributed by atoms with Crippen molar-refractivity contribution < 1.29 is 32.7 Å². The van der Waals surface area contributed by atoms with Crippen molar-refractivity contribution in [1.82, 2.24) is 4.90 Å². The highest BCUT2D eigenvalue weighted by Crippen LogP contribution is 2.29. The van der Waals surface area contributed by atoms with E-state index in [0.717, 1.165) is 12.0 Å². The van der Waals surface area contributed by atoms with Crippen LogP contribution in [-0.4, -0.2) is 35.7 Å². The molecule has 0 atom stereocenters. The molecule has 0 bridgehead atoms. The summed E-state index contributed by atoms with van der Waals surface area (Å²) in [5, 5.41) is 11.8. The van der Waals surface area contributed by atoms with Gasteiger partial charge in [-0.05, 0) is 37.3 Å². The van der Waals surface area contributed by atoms with Gasteiger partial charge in [0.1, 0.15) is 28.7 Å². The number of imide groups is 1. The maximum atomic E-state index is 12.7. The fourth-order valence-corrected chi connectivity index (χ4v) is 3.40. The predicted molar refractivity (Wildman–Crippen MR) is 107 cm³/mol. The summed E-state index contributed by atoms with van der Waals surface area (Å²) in [6.07, 6.45) is 1.44. The number of hydrogen-bond acceptors (Lipinski definition) is 8. The third kappa shape index (κ3) is 3.31. The lowest BCUT2D eigenvalue weighted by atomic mass is 10.1. The molecule has 10 nitrogen and oxygen atoms in total. The molecule has 0 saturated carbocycles. The lowest BCUT2D eigenvalue weighted by Gasteiger charge is -2.11. The molecule has 1 aromatic carbocycles. The fourth-order valence-electron chi connectivity index (χ4n) is 3.40. The first kappa shape index (κ1) is 20.6. The average molecular weight is 433 g/mol. The Bertz CT molecular complexity index is 1310. The van der Waals surface area contributed by atoms with Gasteiger partial charge in [0, 0.05) is 5.56 Å². The Morgan fingerprint density at radius 2 is 1.94 bits per heavy atom. The van der Waals surface area contributed by atoms with E-state index in [1.165, 1.54) is 31.4 Å². The van der Waals surface area contributed by atoms with Crippen LogP contribution in [0.5, 0.6) is 0 Å². The fraction of sp³-hybridized carbons (Fsp3) is 0.136. The number of carbonyl (C=O) groups is 4. The van der Waals surface area contributed by atoms with Crippen LogP contribution in [0.4, 0.5) is 5.88 Å². The van der Waals surface area contributed by atoms with Crippen molar-refractivity contribution in [3.8, 4) is 6.07 Å². The van der Waals surface area contributed by atoms with E-state index in [0.29, 0.717) is 5.76 Å². The van der Waals surface area contributed by atoms with E-state index in [2.05, 4.69) is 10.1 Å². The second kappa shape index (κ2) is 7.88. The Morgan fingerprint density at radius 3 is 2.59 bits per heavy atom. The summed E-state index contributed by atoms with van der Waals surface area (Å²) in [7, 11) is 1.16. The van der Waals surface area contributed by atoms with Gasteiger partial charge in [0.15, 0.2) is 0 Å². The van der Waals surface area contributed by atoms with Gasteiger partial charge in [0.25, 0.3) is 17.7 Å². The van der Waals surface area contributed by atoms with Crippen molar-refractivity contribution >= 4 is 29.6 Å². The number of anilines is 1. The molecule has 10 heteroatoms. The summed E-state index contributed by atoms with van der Waals surface area (Å²) in [5.74, 6) is -2.21. The first-order valence-electron chi connectivity index (χ1n) is 9.31. The summed E-state index contributed by atoms with van der Waals surface area (Å²) in [6.45, 7) is 1.42. The second-order valence-corrected chi connectivity index (χ2v) is 6.83. The molecule has 0 saturated heterocycles. The van der Waals surface area contributed by atoms with Crippen molar-refractivity contribution in [2.45, 2.75) is 13.5 Å². The normalized spacial score (nSPS) is 12.5. The molecule has 0 fully saturated rings. The van der Waals surface area contributed by atoms with Crippen molar-refractivity contribution in [2.75, 3.05) is 12.4 Å². The minimum Gasteiger partial charge on any atom is -0.467 e. The van der Waals surface area contributed by atoms with Crippen LogP contribution in [0.25, 0.3) is 0 Å². The molecule has 0 aliphatic carbocycles. The molecule has 0 unspecified atom stereocenters. The number of nitrogens with one attached hydrogen (secondary N) is 1. The molecule has 2 aromatic heterocycles. The monoisotopic (exact) mass is 433 g/mol. The highest BCUT2D eigenvalue weighted by molar-refractivity contribution is 6.22. The van der Waals surface area contributed by atoms with Gasteiger partial charge in [0.05, 0.1) is 31.0 Å². The van der Waals surface area contributed by atoms with E-state index >= 15 is 0 Å². The molecule has 3 aromatic rings. The van der Waals surface area contributed by atoms with Gasteiger partial charge in [0.2, 0.25) is 5.88 Å². The molecule has 32 heavy (non-hydrogen) atoms. The standard InChI is InChI=1S/C22H15N3O7/c1-11-17(22(29)30-2)16(9-23)19(32-11)24-18(26)12-5-6-14-15(8-12)21(28)25(20(14)27)10-13-4-3-7-31-13/h3-8H,10H2,1-2H3,(H,24,26). The van der Waals surface area contributed by atoms with Crippen LogP contribution in [-0.2, 0) is 11.3 Å². The minimum absolute atomic E-state index is 0.0334. The number of rotatable bonds is 5. The Morgan fingerprint density at radius 1 is 1.19 bits per heavy atom. The number of furan rings is 2. The minimum atomic E-state index is -0.776. The molecular weight excluding hydrogens is 418 g/mol. The largest absolute Gasteiger partial charge is 0.467 e. The number of amides is 3. The average Bonchev–Trinajstić information content (AvgIpc) is 3.47. The molecule has 4 rings (SSSR count). The molecule has 3 heterocycles. The van der Waals surface area contributed by atoms with Gasteiger partial charge in [-0.3, -0.25) is 24.6 Å². The summed E-state index contributed by atoms with van der Waals surface area (Å²) >= 11 is 0. The lowest BCUT2D eigenvalue weighted by molar-refractivity contribution is 0.0595. The third-order valence-corrected chi connectivity index (χ3v) is 4.94. The molecule has 0 spiro atoms. The Hall–Kier alpha value is -4.65. The topological polar surface area (TPSA) is 143 Å². The van der Waals surface area contributed by atoms with Crippen molar-refractivity contribution in [1.29, 1.82) is 5.26 Å². The second-order valence-electron chi connectivity index (χ2n) is 6.83. The highest BCUT2D eigenvalue weighted by Gasteiger charge is 2.36. The molecular formula is C22H15N3O7. The van der Waals surface area contributed by atoms with E-state index in [9.17, 15) is 24.4 Å². The van der Waals surface area contributed by atoms with Crippen LogP contribution in [0.15, 0.2) is 45.4 Å². The van der Waals surface area contributed by atoms with Crippen LogP contribution in [0, 0.1) is 18.3 Å². The number of nitrogens with zero attached hydrogens (tertiary/aromatic N) is 2. The SMILES string of the molecule is COC(=O)c1c(C)oc(NC(=O)c2ccc3c(c2)C(=O)N(Cc2ccco2)C3=O)c1C#N. The number of carbonyl (C=O) groups excluding carboxylic acids is 4. The van der Waals surface area contributed by atoms with Crippen molar-refractivity contribution in [3.63, 3.8) is 0 Å². The van der Waals surface area contributed by atoms with Crippen LogP contribution >= 0.6 is 0 Å². The smallest absolute Gasteiger partial charge is 0.342 e. The lowest BCUT2D eigenvalue weighted by Crippen LogP contribution is -2.28. The van der Waals surface area contributed by atoms with Gasteiger partial charge in [-0.25, -0.2) is 4.79 Å². The zero-order chi connectivity index (χ0) is 23.0. The molecule has 3 amide bonds. The third-order valence-electron chi connectivity index (χ3n) is 4.94. The Labute approximate surface area is 181 Å². The summed E-state index contributed by atoms with van der Waals surface area (Å²) in [4.78, 5) is 51.0. The van der Waals surface area contributed by atoms with Gasteiger partial charge in [-0.15, -0.1) is 0 Å². The maximum absolute atomic E-state index is 12.7. The number of methoxy groups -OCH3 is 1. The number of aryl methyl sites for hydroxylation is 1. The van der Waals surface area contributed by atoms with Crippen molar-refractivity contribution in [3.05, 3.63) is 75.9 Å². The van der Waals surface area contributed by atoms with E-state index in [4.69, 9.17) is 8.83 Å². The zero-order valence-electron chi connectivity index (χ0n) is 16.9. The van der Waals surface area contributed by atoms with E-state index in [1.807, 2.05) is 6.07 Å². The Kier molecular flexibility index (Phi) is 5.08. The Balaban J connectivity index is 1.60. The maximum Gasteiger partial charge on any atom is 0.342 e. The van der Waals surface area contributed by atoms with E-state index in [1.54, 1.807) is 12.1 Å². The molecule has 0 radical (unpaired) electrons. The quantitative estimate of drug-likeness (QED) is 0.478. The summed E-state index contributed by atoms with van der Waals surface area (Å²) in [5.41, 5.74) is 0.0221. The predicted octanol–water partition coefficient (Wildman–Crippen LogP) is 2.89. The number of fused-ring (bicyclic) bond motifs is 1. The number of ether oxygens (including phenoxy) is 1. The number of hydrogen-bond donors (Lipinski definition) is 1. The molecule has 1 aliphatic rings. The highest BCUT2D eigenvalue weighted by atomic mass is 16.5. The van der Waals surface area contributed by atoms with Gasteiger partial charge in [-0.2, -0.15) is 5.26 Å². The number of esters is 1. The van der Waals surface area contributed by atoms with Crippen LogP contribution in [0.1, 0.15) is 58.5 Å². The first-order chi connectivity index (χ1) is 15.3. The van der Waals surface area contributed by atoms with Crippen LogP contribution in [0.3, 0.4) is 0 Å². The van der Waals surface area contributed by atoms with E-state index in [-0.39, 0.29) is 46.0 Å². The van der Waals surface area contributed by atoms with Crippen LogP contribution in [0.2, 0.25) is 0 Å². The first-order valence-corrected chi connectivity index (χ1v) is 9.31. The van der Waals surface area contributed by atoms with E-state index < -0.39 is 23.7 Å². The van der Waals surface area contributed by atoms with Crippen LogP contribution < -0.4 is 5.32 Å². The van der Waals surface area contributed by atoms with Gasteiger partial charge >= 0.3 is 5.97 Å². The summed E-state index contributed by atoms with van der Waals surface area (Å²) in [6, 6.07) is 9.14. The summed E-state index contributed by atoms with van der Waals surface area (Å²) < 4.78 is 15.2. The number of nitriles is 1. The van der Waals surface area contributed by atoms with Crippen molar-refractivity contribution in [2.24, 2.45) is 0 Å². The molecule has 1 aliphatic heterocycles. The molecule has 1 N–H and O–H groups in total. The van der Waals surface area contributed by atoms with Gasteiger partial charge in [-0.1, -0.05) is 0 Å². The molecule has 160 valence electrons. The van der Waals surface area contributed by atoms with Gasteiger partial charge < -0.3 is 13.6 Å².